The first kappa shape index (κ1) is 12.2. The third-order valence-electron chi connectivity index (χ3n) is 4.44. The molecule has 3 unspecified atom stereocenters. The van der Waals surface area contributed by atoms with Gasteiger partial charge in [0.15, 0.2) is 0 Å². The van der Waals surface area contributed by atoms with Crippen LogP contribution < -0.4 is 5.32 Å². The molecule has 4 nitrogen and oxygen atoms in total. The van der Waals surface area contributed by atoms with Crippen molar-refractivity contribution in [3.63, 3.8) is 0 Å². The number of aliphatic hydroxyl groups is 1. The molecule has 1 aromatic rings. The number of nitrogens with one attached hydrogen (secondary N) is 1. The molecular weight excluding hydrogens is 226 g/mol. The molecule has 2 fully saturated rings. The molecule has 0 bridgehead atoms. The topological polar surface area (TPSA) is 50.1 Å². The number of aromatic nitrogens is 2. The highest BCUT2D eigenvalue weighted by molar-refractivity contribution is 5.10. The van der Waals surface area contributed by atoms with Crippen LogP contribution in [-0.2, 0) is 0 Å². The van der Waals surface area contributed by atoms with E-state index in [0.29, 0.717) is 6.04 Å². The first-order chi connectivity index (χ1) is 8.79. The van der Waals surface area contributed by atoms with Crippen LogP contribution in [-0.4, -0.2) is 27.2 Å². The molecule has 0 spiro atoms. The van der Waals surface area contributed by atoms with Gasteiger partial charge in [0.2, 0.25) is 0 Å². The number of hydrogen-bond donors (Lipinski definition) is 2. The highest BCUT2D eigenvalue weighted by Gasteiger charge is 2.32. The molecule has 3 rings (SSSR count). The van der Waals surface area contributed by atoms with E-state index in [9.17, 15) is 5.11 Å². The Morgan fingerprint density at radius 3 is 3.06 bits per heavy atom. The fraction of sp³-hybridized carbons (Fsp3) is 0.786. The number of rotatable bonds is 4. The molecule has 1 aliphatic carbocycles. The molecule has 1 aliphatic heterocycles. The molecule has 2 aliphatic rings. The van der Waals surface area contributed by atoms with E-state index in [1.54, 1.807) is 0 Å². The maximum Gasteiger partial charge on any atom is 0.111 e. The van der Waals surface area contributed by atoms with Crippen LogP contribution in [0.1, 0.15) is 56.9 Å². The minimum Gasteiger partial charge on any atom is -0.385 e. The second-order valence-corrected chi connectivity index (χ2v) is 5.76. The summed E-state index contributed by atoms with van der Waals surface area (Å²) in [5.41, 5.74) is 0.992. The lowest BCUT2D eigenvalue weighted by molar-refractivity contribution is 0.0911. The minimum absolute atomic E-state index is 0.192. The zero-order valence-corrected chi connectivity index (χ0v) is 11.0. The van der Waals surface area contributed by atoms with Crippen LogP contribution in [0.2, 0.25) is 0 Å². The van der Waals surface area contributed by atoms with Gasteiger partial charge in [-0.1, -0.05) is 13.3 Å². The van der Waals surface area contributed by atoms with Gasteiger partial charge >= 0.3 is 0 Å². The summed E-state index contributed by atoms with van der Waals surface area (Å²) in [5, 5.41) is 14.0. The van der Waals surface area contributed by atoms with Crippen molar-refractivity contribution in [3.8, 4) is 0 Å². The van der Waals surface area contributed by atoms with Crippen molar-refractivity contribution in [2.24, 2.45) is 5.92 Å². The lowest BCUT2D eigenvalue weighted by Crippen LogP contribution is -2.42. The number of aliphatic hydroxyl groups excluding tert-OH is 1. The first-order valence-electron chi connectivity index (χ1n) is 7.22. The number of piperidine rings is 1. The molecule has 100 valence electrons. The number of nitrogens with zero attached hydrogens (tertiary/aromatic N) is 2. The molecule has 4 heteroatoms. The predicted molar refractivity (Wildman–Crippen MR) is 70.3 cm³/mol. The van der Waals surface area contributed by atoms with Gasteiger partial charge < -0.3 is 15.0 Å². The minimum atomic E-state index is -0.414. The Bertz CT molecular complexity index is 399. The Kier molecular flexibility index (Phi) is 3.39. The fourth-order valence-corrected chi connectivity index (χ4v) is 3.05. The second kappa shape index (κ2) is 5.02. The maximum absolute atomic E-state index is 10.6. The average Bonchev–Trinajstić information content (AvgIpc) is 3.15. The molecule has 1 aromatic heterocycles. The van der Waals surface area contributed by atoms with Crippen molar-refractivity contribution >= 4 is 0 Å². The summed E-state index contributed by atoms with van der Waals surface area (Å²) in [6.07, 6.45) is 9.28. The molecule has 3 atom stereocenters. The average molecular weight is 249 g/mol. The smallest absolute Gasteiger partial charge is 0.111 e. The van der Waals surface area contributed by atoms with Gasteiger partial charge in [0.05, 0.1) is 18.2 Å². The third-order valence-corrected chi connectivity index (χ3v) is 4.44. The molecule has 2 heterocycles. The van der Waals surface area contributed by atoms with E-state index in [1.165, 1.54) is 25.7 Å². The highest BCUT2D eigenvalue weighted by atomic mass is 16.3. The molecule has 18 heavy (non-hydrogen) atoms. The third kappa shape index (κ3) is 2.31. The van der Waals surface area contributed by atoms with E-state index < -0.39 is 6.10 Å². The van der Waals surface area contributed by atoms with Crippen LogP contribution in [0.25, 0.3) is 0 Å². The van der Waals surface area contributed by atoms with E-state index in [2.05, 4.69) is 21.8 Å². The Morgan fingerprint density at radius 2 is 2.33 bits per heavy atom. The van der Waals surface area contributed by atoms with Gasteiger partial charge in [-0.3, -0.25) is 0 Å². The van der Waals surface area contributed by atoms with E-state index in [-0.39, 0.29) is 6.04 Å². The normalized spacial score (nSPS) is 30.3. The van der Waals surface area contributed by atoms with Gasteiger partial charge in [-0.25, -0.2) is 4.98 Å². The Hall–Kier alpha value is -0.870. The summed E-state index contributed by atoms with van der Waals surface area (Å²) >= 11 is 0. The Labute approximate surface area is 108 Å². The molecule has 2 N–H and O–H groups in total. The first-order valence-corrected chi connectivity index (χ1v) is 7.22. The van der Waals surface area contributed by atoms with Crippen molar-refractivity contribution in [2.75, 3.05) is 6.54 Å². The molecule has 0 radical (unpaired) electrons. The largest absolute Gasteiger partial charge is 0.385 e. The molecule has 1 saturated heterocycles. The fourth-order valence-electron chi connectivity index (χ4n) is 3.05. The van der Waals surface area contributed by atoms with Crippen molar-refractivity contribution < 1.29 is 5.11 Å². The summed E-state index contributed by atoms with van der Waals surface area (Å²) in [7, 11) is 0. The Balaban J connectivity index is 1.72. The van der Waals surface area contributed by atoms with Crippen molar-refractivity contribution in [1.82, 2.24) is 14.9 Å². The van der Waals surface area contributed by atoms with Gasteiger partial charge in [0.25, 0.3) is 0 Å². The quantitative estimate of drug-likeness (QED) is 0.858. The van der Waals surface area contributed by atoms with Crippen LogP contribution in [0.15, 0.2) is 12.5 Å². The van der Waals surface area contributed by atoms with Gasteiger partial charge in [-0.15, -0.1) is 0 Å². The van der Waals surface area contributed by atoms with Crippen LogP contribution in [0.4, 0.5) is 0 Å². The standard InChI is InChI=1S/C14H23N3O/c1-2-10-5-6-16-12(7-10)14(18)13-8-15-9-17(13)11-3-4-11/h8-12,14,16,18H,2-7H2,1H3. The number of imidazole rings is 1. The van der Waals surface area contributed by atoms with E-state index in [4.69, 9.17) is 0 Å². The highest BCUT2D eigenvalue weighted by Crippen LogP contribution is 2.38. The predicted octanol–water partition coefficient (Wildman–Crippen LogP) is 2.03. The SMILES string of the molecule is CCC1CCNC(C(O)c2cncn2C2CC2)C1. The van der Waals surface area contributed by atoms with Crippen LogP contribution in [0, 0.1) is 5.92 Å². The van der Waals surface area contributed by atoms with Crippen LogP contribution in [0.3, 0.4) is 0 Å². The van der Waals surface area contributed by atoms with Crippen LogP contribution in [0.5, 0.6) is 0 Å². The van der Waals surface area contributed by atoms with Gasteiger partial charge in [-0.2, -0.15) is 0 Å². The summed E-state index contributed by atoms with van der Waals surface area (Å²) in [6, 6.07) is 0.778. The summed E-state index contributed by atoms with van der Waals surface area (Å²) < 4.78 is 2.17. The van der Waals surface area contributed by atoms with Crippen molar-refractivity contribution in [3.05, 3.63) is 18.2 Å². The zero-order valence-electron chi connectivity index (χ0n) is 11.0. The monoisotopic (exact) mass is 249 g/mol. The summed E-state index contributed by atoms with van der Waals surface area (Å²) in [5.74, 6) is 0.753. The van der Waals surface area contributed by atoms with Crippen molar-refractivity contribution in [1.29, 1.82) is 0 Å². The van der Waals surface area contributed by atoms with Crippen LogP contribution >= 0.6 is 0 Å². The lowest BCUT2D eigenvalue weighted by atomic mass is 9.87. The molecule has 0 amide bonds. The molecule has 0 aromatic carbocycles. The van der Waals surface area contributed by atoms with Gasteiger partial charge in [0.1, 0.15) is 6.10 Å². The van der Waals surface area contributed by atoms with E-state index in [0.717, 1.165) is 24.6 Å². The Morgan fingerprint density at radius 1 is 1.50 bits per heavy atom. The van der Waals surface area contributed by atoms with Crippen molar-refractivity contribution in [2.45, 2.75) is 57.2 Å². The van der Waals surface area contributed by atoms with Gasteiger partial charge in [-0.05, 0) is 38.1 Å². The van der Waals surface area contributed by atoms with E-state index in [1.807, 2.05) is 12.5 Å². The summed E-state index contributed by atoms with van der Waals surface area (Å²) in [6.45, 7) is 3.27. The zero-order chi connectivity index (χ0) is 12.5. The van der Waals surface area contributed by atoms with E-state index >= 15 is 0 Å². The van der Waals surface area contributed by atoms with Gasteiger partial charge in [0, 0.05) is 12.1 Å². The maximum atomic E-state index is 10.6. The molecule has 1 saturated carbocycles. The summed E-state index contributed by atoms with van der Waals surface area (Å²) in [4.78, 5) is 4.21. The lowest BCUT2D eigenvalue weighted by Gasteiger charge is -2.33. The second-order valence-electron chi connectivity index (χ2n) is 5.76. The molecular formula is C14H23N3O. The number of hydrogen-bond acceptors (Lipinski definition) is 3.